The summed E-state index contributed by atoms with van der Waals surface area (Å²) < 4.78 is 64.4. The van der Waals surface area contributed by atoms with E-state index in [9.17, 15) is 18.0 Å². The maximum Gasteiger partial charge on any atom is 0.416 e. The fourth-order valence-corrected chi connectivity index (χ4v) is 4.94. The van der Waals surface area contributed by atoms with Crippen LogP contribution < -0.4 is 5.32 Å². The van der Waals surface area contributed by atoms with Gasteiger partial charge >= 0.3 is 6.18 Å². The summed E-state index contributed by atoms with van der Waals surface area (Å²) in [7, 11) is 0. The number of amides is 1. The number of nitrogens with one attached hydrogen (secondary N) is 1. The Morgan fingerprint density at radius 1 is 1.03 bits per heavy atom. The van der Waals surface area contributed by atoms with Crippen LogP contribution in [0.3, 0.4) is 0 Å². The van der Waals surface area contributed by atoms with Crippen LogP contribution in [0.25, 0.3) is 0 Å². The molecule has 0 aromatic heterocycles. The van der Waals surface area contributed by atoms with E-state index < -0.39 is 41.4 Å². The van der Waals surface area contributed by atoms with Crippen LogP contribution in [0.15, 0.2) is 54.6 Å². The maximum absolute atomic E-state index is 13.6. The van der Waals surface area contributed by atoms with Crippen molar-refractivity contribution in [1.29, 1.82) is 0 Å². The van der Waals surface area contributed by atoms with Gasteiger partial charge in [0.1, 0.15) is 6.10 Å². The predicted octanol–water partition coefficient (Wildman–Crippen LogP) is 5.38. The third-order valence-corrected chi connectivity index (χ3v) is 6.56. The molecule has 0 unspecified atom stereocenters. The Morgan fingerprint density at radius 3 is 2.41 bits per heavy atom. The molecule has 1 N–H and O–H groups in total. The number of benzene rings is 2. The molecule has 2 aromatic rings. The van der Waals surface area contributed by atoms with Gasteiger partial charge in [-0.25, -0.2) is 0 Å². The monoisotopic (exact) mass is 521 g/mol. The van der Waals surface area contributed by atoms with Crippen LogP contribution >= 0.6 is 0 Å². The van der Waals surface area contributed by atoms with E-state index in [-0.39, 0.29) is 38.0 Å². The Morgan fingerprint density at radius 2 is 1.73 bits per heavy atom. The first-order valence-corrected chi connectivity index (χ1v) is 12.5. The quantitative estimate of drug-likeness (QED) is 0.505. The Bertz CT molecular complexity index is 1070. The van der Waals surface area contributed by atoms with Gasteiger partial charge in [-0.3, -0.25) is 4.79 Å². The van der Waals surface area contributed by atoms with Crippen molar-refractivity contribution in [3.63, 3.8) is 0 Å². The van der Waals surface area contributed by atoms with Gasteiger partial charge in [-0.15, -0.1) is 0 Å². The van der Waals surface area contributed by atoms with E-state index in [0.717, 1.165) is 17.7 Å². The maximum atomic E-state index is 13.6. The molecular weight excluding hydrogens is 487 g/mol. The molecule has 4 atom stereocenters. The van der Waals surface area contributed by atoms with Gasteiger partial charge in [0.25, 0.3) is 5.91 Å². The van der Waals surface area contributed by atoms with Crippen molar-refractivity contribution >= 4 is 5.91 Å². The second-order valence-corrected chi connectivity index (χ2v) is 10.5. The molecule has 37 heavy (non-hydrogen) atoms. The molecule has 2 aromatic carbocycles. The van der Waals surface area contributed by atoms with E-state index >= 15 is 0 Å². The highest BCUT2D eigenvalue weighted by Crippen LogP contribution is 2.44. The lowest BCUT2D eigenvalue weighted by atomic mass is 9.78. The van der Waals surface area contributed by atoms with Gasteiger partial charge in [-0.2, -0.15) is 13.2 Å². The van der Waals surface area contributed by atoms with Crippen molar-refractivity contribution in [2.24, 2.45) is 0 Å². The molecule has 0 spiro atoms. The largest absolute Gasteiger partial charge is 0.416 e. The first kappa shape index (κ1) is 27.6. The lowest BCUT2D eigenvalue weighted by Gasteiger charge is -2.43. The molecule has 6 nitrogen and oxygen atoms in total. The molecule has 1 saturated heterocycles. The summed E-state index contributed by atoms with van der Waals surface area (Å²) in [6.45, 7) is 7.44. The number of ether oxygens (including phenoxy) is 4. The van der Waals surface area contributed by atoms with Crippen molar-refractivity contribution in [2.45, 2.75) is 95.7 Å². The molecule has 1 saturated carbocycles. The van der Waals surface area contributed by atoms with Crippen molar-refractivity contribution in [3.8, 4) is 0 Å². The van der Waals surface area contributed by atoms with Gasteiger partial charge in [0.2, 0.25) is 0 Å². The molecule has 9 heteroatoms. The van der Waals surface area contributed by atoms with E-state index in [1.165, 1.54) is 6.07 Å². The molecule has 1 aliphatic heterocycles. The van der Waals surface area contributed by atoms with Crippen LogP contribution in [0.5, 0.6) is 0 Å². The van der Waals surface area contributed by atoms with E-state index in [1.807, 2.05) is 44.2 Å². The van der Waals surface area contributed by atoms with Gasteiger partial charge in [0.05, 0.1) is 31.0 Å². The van der Waals surface area contributed by atoms with Crippen molar-refractivity contribution in [2.75, 3.05) is 0 Å². The number of carbonyl (C=O) groups excluding carboxylic acids is 1. The van der Waals surface area contributed by atoms with Gasteiger partial charge in [0.15, 0.2) is 11.4 Å². The van der Waals surface area contributed by atoms with Crippen LogP contribution in [0.4, 0.5) is 13.2 Å². The number of carbonyl (C=O) groups is 1. The molecule has 1 aliphatic carbocycles. The summed E-state index contributed by atoms with van der Waals surface area (Å²) in [6, 6.07) is 14.4. The molecule has 0 radical (unpaired) electrons. The SMILES string of the molecule is CC(C)NC(=O)[C@@]1(OCc2ccccc2)C[C@@H](OCc2cccc(C(F)(F)F)c2)[C@@H]2OC(C)(C)O[C@@H]2C1. The molecule has 4 rings (SSSR count). The highest BCUT2D eigenvalue weighted by atomic mass is 19.4. The van der Waals surface area contributed by atoms with Crippen LogP contribution in [-0.4, -0.2) is 41.6 Å². The number of rotatable bonds is 8. The number of hydrogen-bond acceptors (Lipinski definition) is 5. The smallest absolute Gasteiger partial charge is 0.371 e. The van der Waals surface area contributed by atoms with Gasteiger partial charge in [-0.1, -0.05) is 42.5 Å². The molecular formula is C28H34F3NO5. The molecule has 2 fully saturated rings. The third kappa shape index (κ3) is 6.71. The van der Waals surface area contributed by atoms with Crippen LogP contribution in [-0.2, 0) is 43.1 Å². The molecule has 1 heterocycles. The van der Waals surface area contributed by atoms with Crippen molar-refractivity contribution in [1.82, 2.24) is 5.32 Å². The summed E-state index contributed by atoms with van der Waals surface area (Å²) in [5.41, 5.74) is -0.735. The van der Waals surface area contributed by atoms with Crippen molar-refractivity contribution < 1.29 is 36.9 Å². The van der Waals surface area contributed by atoms with Crippen molar-refractivity contribution in [3.05, 3.63) is 71.3 Å². The Labute approximate surface area is 215 Å². The molecule has 2 aliphatic rings. The van der Waals surface area contributed by atoms with E-state index in [4.69, 9.17) is 18.9 Å². The first-order valence-electron chi connectivity index (χ1n) is 12.5. The minimum absolute atomic E-state index is 0.0812. The van der Waals surface area contributed by atoms with Gasteiger partial charge in [0, 0.05) is 18.9 Å². The Balaban J connectivity index is 1.60. The van der Waals surface area contributed by atoms with Gasteiger partial charge in [-0.05, 0) is 51.0 Å². The van der Waals surface area contributed by atoms with Crippen LogP contribution in [0.1, 0.15) is 57.2 Å². The predicted molar refractivity (Wildman–Crippen MR) is 130 cm³/mol. The number of alkyl halides is 3. The third-order valence-electron chi connectivity index (χ3n) is 6.56. The Kier molecular flexibility index (Phi) is 7.99. The summed E-state index contributed by atoms with van der Waals surface area (Å²) in [5.74, 6) is -1.19. The lowest BCUT2D eigenvalue weighted by molar-refractivity contribution is -0.183. The zero-order valence-corrected chi connectivity index (χ0v) is 21.5. The second kappa shape index (κ2) is 10.7. The molecule has 0 bridgehead atoms. The summed E-state index contributed by atoms with van der Waals surface area (Å²) in [4.78, 5) is 13.6. The standard InChI is InChI=1S/C28H34F3NO5/c1-18(2)32-25(33)27(35-17-19-9-6-5-7-10-19)14-22(24-23(15-27)36-26(3,4)37-24)34-16-20-11-8-12-21(13-20)28(29,30)31/h5-13,18,22-24H,14-17H2,1-4H3,(H,32,33)/t22-,23-,24+,27-/m1/s1. The summed E-state index contributed by atoms with van der Waals surface area (Å²) in [6.07, 6.45) is -5.67. The fraction of sp³-hybridized carbons (Fsp3) is 0.536. The Hall–Kier alpha value is -2.46. The normalized spacial score (nSPS) is 27.2. The lowest BCUT2D eigenvalue weighted by Crippen LogP contribution is -2.60. The topological polar surface area (TPSA) is 66.0 Å². The van der Waals surface area contributed by atoms with E-state index in [1.54, 1.807) is 19.9 Å². The first-order chi connectivity index (χ1) is 17.4. The fourth-order valence-electron chi connectivity index (χ4n) is 4.94. The minimum atomic E-state index is -4.45. The average Bonchev–Trinajstić information content (AvgIpc) is 3.14. The number of hydrogen-bond donors (Lipinski definition) is 1. The van der Waals surface area contributed by atoms with E-state index in [2.05, 4.69) is 5.32 Å². The number of halogens is 3. The summed E-state index contributed by atoms with van der Waals surface area (Å²) in [5, 5.41) is 2.97. The van der Waals surface area contributed by atoms with Crippen LogP contribution in [0.2, 0.25) is 0 Å². The zero-order chi connectivity index (χ0) is 26.8. The second-order valence-electron chi connectivity index (χ2n) is 10.5. The highest BCUT2D eigenvalue weighted by Gasteiger charge is 2.58. The zero-order valence-electron chi connectivity index (χ0n) is 21.5. The summed E-state index contributed by atoms with van der Waals surface area (Å²) >= 11 is 0. The molecule has 1 amide bonds. The molecule has 202 valence electrons. The highest BCUT2D eigenvalue weighted by molar-refractivity contribution is 5.85. The number of fused-ring (bicyclic) bond motifs is 1. The minimum Gasteiger partial charge on any atom is -0.371 e. The van der Waals surface area contributed by atoms with Crippen LogP contribution in [0, 0.1) is 0 Å². The average molecular weight is 522 g/mol. The van der Waals surface area contributed by atoms with Gasteiger partial charge < -0.3 is 24.3 Å². The van der Waals surface area contributed by atoms with E-state index in [0.29, 0.717) is 5.56 Å².